The monoisotopic (exact) mass is 455 g/mol. The molecule has 0 bridgehead atoms. The fraction of sp³-hybridized carbons (Fsp3) is 0. The zero-order chi connectivity index (χ0) is 21.3. The van der Waals surface area contributed by atoms with Gasteiger partial charge in [-0.1, -0.05) is 41.4 Å². The van der Waals surface area contributed by atoms with E-state index in [9.17, 15) is 9.59 Å². The number of carbonyl (C=O) groups excluding carboxylic acids is 2. The molecule has 150 valence electrons. The molecular formula is C22H15Cl2N3O2S. The van der Waals surface area contributed by atoms with Crippen LogP contribution in [-0.2, 0) is 0 Å². The second kappa shape index (κ2) is 8.36. The highest BCUT2D eigenvalue weighted by molar-refractivity contribution is 7.21. The summed E-state index contributed by atoms with van der Waals surface area (Å²) in [6.07, 6.45) is 0. The number of hydrogen-bond donors (Lipinski definition) is 3. The van der Waals surface area contributed by atoms with Gasteiger partial charge in [-0.2, -0.15) is 0 Å². The summed E-state index contributed by atoms with van der Waals surface area (Å²) < 4.78 is 0.908. The molecule has 4 N–H and O–H groups in total. The highest BCUT2D eigenvalue weighted by atomic mass is 35.5. The van der Waals surface area contributed by atoms with Crippen molar-refractivity contribution < 1.29 is 9.59 Å². The largest absolute Gasteiger partial charge is 0.399 e. The quantitative estimate of drug-likeness (QED) is 0.315. The van der Waals surface area contributed by atoms with Crippen LogP contribution in [0.3, 0.4) is 0 Å². The van der Waals surface area contributed by atoms with E-state index < -0.39 is 11.8 Å². The Morgan fingerprint density at radius 2 is 1.60 bits per heavy atom. The van der Waals surface area contributed by atoms with Crippen LogP contribution in [0.15, 0.2) is 66.7 Å². The summed E-state index contributed by atoms with van der Waals surface area (Å²) >= 11 is 13.6. The van der Waals surface area contributed by atoms with Crippen LogP contribution in [0.25, 0.3) is 10.1 Å². The first-order valence-electron chi connectivity index (χ1n) is 8.87. The lowest BCUT2D eigenvalue weighted by atomic mass is 10.1. The molecule has 0 aliphatic heterocycles. The van der Waals surface area contributed by atoms with Gasteiger partial charge >= 0.3 is 0 Å². The van der Waals surface area contributed by atoms with Gasteiger partial charge in [0.2, 0.25) is 0 Å². The SMILES string of the molecule is Nc1ccc(NC(=O)c2sc3ccccc3c2Cl)c(C(=O)Nc2ccc(Cl)cc2)c1. The maximum Gasteiger partial charge on any atom is 0.267 e. The number of anilines is 3. The summed E-state index contributed by atoms with van der Waals surface area (Å²) in [5.74, 6) is -0.811. The Kier molecular flexibility index (Phi) is 5.63. The molecule has 0 fully saturated rings. The lowest BCUT2D eigenvalue weighted by molar-refractivity contribution is 0.102. The van der Waals surface area contributed by atoms with Gasteiger partial charge in [0, 0.05) is 26.5 Å². The van der Waals surface area contributed by atoms with E-state index in [2.05, 4.69) is 10.6 Å². The summed E-state index contributed by atoms with van der Waals surface area (Å²) in [7, 11) is 0. The van der Waals surface area contributed by atoms with E-state index >= 15 is 0 Å². The summed E-state index contributed by atoms with van der Waals surface area (Å²) in [4.78, 5) is 26.1. The molecule has 0 atom stereocenters. The Labute approximate surface area is 186 Å². The first-order chi connectivity index (χ1) is 14.4. The first-order valence-corrected chi connectivity index (χ1v) is 10.4. The Hall–Kier alpha value is -3.06. The molecule has 4 aromatic rings. The third kappa shape index (κ3) is 4.11. The van der Waals surface area contributed by atoms with Gasteiger partial charge in [0.15, 0.2) is 0 Å². The number of hydrogen-bond acceptors (Lipinski definition) is 4. The van der Waals surface area contributed by atoms with E-state index in [0.717, 1.165) is 10.1 Å². The van der Waals surface area contributed by atoms with Gasteiger partial charge in [0.05, 0.1) is 16.3 Å². The van der Waals surface area contributed by atoms with Gasteiger partial charge in [-0.3, -0.25) is 9.59 Å². The van der Waals surface area contributed by atoms with Crippen molar-refractivity contribution in [3.63, 3.8) is 0 Å². The molecule has 1 aromatic heterocycles. The normalized spacial score (nSPS) is 10.7. The van der Waals surface area contributed by atoms with Gasteiger partial charge in [0.25, 0.3) is 11.8 Å². The molecule has 0 aliphatic carbocycles. The van der Waals surface area contributed by atoms with Gasteiger partial charge in [0.1, 0.15) is 4.88 Å². The predicted octanol–water partition coefficient (Wildman–Crippen LogP) is 6.29. The van der Waals surface area contributed by atoms with Crippen LogP contribution in [0.2, 0.25) is 10.0 Å². The summed E-state index contributed by atoms with van der Waals surface area (Å²) in [6, 6.07) is 18.9. The number of nitrogens with one attached hydrogen (secondary N) is 2. The number of nitrogen functional groups attached to an aromatic ring is 1. The average molecular weight is 456 g/mol. The van der Waals surface area contributed by atoms with Crippen LogP contribution < -0.4 is 16.4 Å². The topological polar surface area (TPSA) is 84.2 Å². The minimum Gasteiger partial charge on any atom is -0.399 e. The molecule has 30 heavy (non-hydrogen) atoms. The Morgan fingerprint density at radius 3 is 2.33 bits per heavy atom. The second-order valence-corrected chi connectivity index (χ2v) is 8.33. The van der Waals surface area contributed by atoms with Crippen LogP contribution in [0.5, 0.6) is 0 Å². The third-order valence-corrected chi connectivity index (χ3v) is 6.31. The number of halogens is 2. The molecule has 0 saturated heterocycles. The molecule has 1 heterocycles. The Balaban J connectivity index is 1.62. The summed E-state index contributed by atoms with van der Waals surface area (Å²) in [5.41, 5.74) is 7.39. The van der Waals surface area contributed by atoms with E-state index in [4.69, 9.17) is 28.9 Å². The first kappa shape index (κ1) is 20.2. The minimum atomic E-state index is -0.414. The van der Waals surface area contributed by atoms with Gasteiger partial charge in [-0.25, -0.2) is 0 Å². The van der Waals surface area contributed by atoms with Crippen LogP contribution in [-0.4, -0.2) is 11.8 Å². The molecule has 2 amide bonds. The van der Waals surface area contributed by atoms with Crippen LogP contribution >= 0.6 is 34.5 Å². The zero-order valence-electron chi connectivity index (χ0n) is 15.4. The highest BCUT2D eigenvalue weighted by Gasteiger charge is 2.20. The van der Waals surface area contributed by atoms with Gasteiger partial charge in [-0.05, 0) is 48.5 Å². The Morgan fingerprint density at radius 1 is 0.867 bits per heavy atom. The van der Waals surface area contributed by atoms with Crippen LogP contribution in [0, 0.1) is 0 Å². The Bertz CT molecular complexity index is 1270. The lowest BCUT2D eigenvalue weighted by Gasteiger charge is -2.12. The molecule has 0 saturated carbocycles. The van der Waals surface area contributed by atoms with Crippen molar-refractivity contribution in [2.45, 2.75) is 0 Å². The van der Waals surface area contributed by atoms with Crippen molar-refractivity contribution in [3.05, 3.63) is 87.2 Å². The second-order valence-electron chi connectivity index (χ2n) is 6.46. The average Bonchev–Trinajstić information content (AvgIpc) is 3.08. The highest BCUT2D eigenvalue weighted by Crippen LogP contribution is 2.35. The van der Waals surface area contributed by atoms with Crippen molar-refractivity contribution in [1.82, 2.24) is 0 Å². The molecule has 5 nitrogen and oxygen atoms in total. The lowest BCUT2D eigenvalue weighted by Crippen LogP contribution is -2.18. The van der Waals surface area contributed by atoms with Crippen LogP contribution in [0.4, 0.5) is 17.1 Å². The number of carbonyl (C=O) groups is 2. The molecule has 4 rings (SSSR count). The van der Waals surface area contributed by atoms with Crippen molar-refractivity contribution in [3.8, 4) is 0 Å². The number of rotatable bonds is 4. The van der Waals surface area contributed by atoms with Gasteiger partial charge < -0.3 is 16.4 Å². The number of amides is 2. The van der Waals surface area contributed by atoms with E-state index in [-0.39, 0.29) is 5.56 Å². The maximum absolute atomic E-state index is 12.9. The maximum atomic E-state index is 12.9. The van der Waals surface area contributed by atoms with Crippen molar-refractivity contribution in [2.75, 3.05) is 16.4 Å². The summed E-state index contributed by atoms with van der Waals surface area (Å²) in [6.45, 7) is 0. The predicted molar refractivity (Wildman–Crippen MR) is 125 cm³/mol. The molecule has 0 aliphatic rings. The molecule has 8 heteroatoms. The number of benzene rings is 3. The van der Waals surface area contributed by atoms with Crippen LogP contribution in [0.1, 0.15) is 20.0 Å². The van der Waals surface area contributed by atoms with Crippen molar-refractivity contribution >= 4 is 73.5 Å². The molecule has 3 aromatic carbocycles. The summed E-state index contributed by atoms with van der Waals surface area (Å²) in [5, 5.41) is 7.31. The van der Waals surface area contributed by atoms with E-state index in [0.29, 0.717) is 32.0 Å². The van der Waals surface area contributed by atoms with Gasteiger partial charge in [-0.15, -0.1) is 11.3 Å². The standard InChI is InChI=1S/C22H15Cl2N3O2S/c23-12-5-8-14(9-6-12)26-21(28)16-11-13(25)7-10-17(16)27-22(29)20-19(24)15-3-1-2-4-18(15)30-20/h1-11H,25H2,(H,26,28)(H,27,29). The fourth-order valence-corrected chi connectivity index (χ4v) is 4.47. The smallest absolute Gasteiger partial charge is 0.267 e. The third-order valence-electron chi connectivity index (χ3n) is 4.38. The number of thiophene rings is 1. The van der Waals surface area contributed by atoms with Crippen molar-refractivity contribution in [1.29, 1.82) is 0 Å². The van der Waals surface area contributed by atoms with E-state index in [1.54, 1.807) is 36.4 Å². The fourth-order valence-electron chi connectivity index (χ4n) is 2.93. The van der Waals surface area contributed by atoms with Crippen molar-refractivity contribution in [2.24, 2.45) is 0 Å². The zero-order valence-corrected chi connectivity index (χ0v) is 17.7. The molecule has 0 spiro atoms. The number of nitrogens with two attached hydrogens (primary N) is 1. The number of fused-ring (bicyclic) bond motifs is 1. The van der Waals surface area contributed by atoms with E-state index in [1.165, 1.54) is 17.4 Å². The molecular weight excluding hydrogens is 441 g/mol. The molecule has 0 radical (unpaired) electrons. The molecule has 0 unspecified atom stereocenters. The minimum absolute atomic E-state index is 0.232. The van der Waals surface area contributed by atoms with E-state index in [1.807, 2.05) is 24.3 Å².